The number of nitrogens with zero attached hydrogens (tertiary/aromatic N) is 2. The molecular weight excluding hydrogens is 234 g/mol. The van der Waals surface area contributed by atoms with Gasteiger partial charge >= 0.3 is 0 Å². The molecule has 1 N–H and O–H groups in total. The molecular formula is C16H21N3. The van der Waals surface area contributed by atoms with E-state index in [0.29, 0.717) is 6.04 Å². The highest BCUT2D eigenvalue weighted by molar-refractivity contribution is 5.59. The number of rotatable bonds is 4. The van der Waals surface area contributed by atoms with E-state index >= 15 is 0 Å². The molecule has 0 amide bonds. The van der Waals surface area contributed by atoms with Crippen molar-refractivity contribution in [1.29, 1.82) is 0 Å². The largest absolute Gasteiger partial charge is 0.331 e. The highest BCUT2D eigenvalue weighted by atomic mass is 15.1. The summed E-state index contributed by atoms with van der Waals surface area (Å²) >= 11 is 0. The van der Waals surface area contributed by atoms with Gasteiger partial charge in [0, 0.05) is 18.2 Å². The van der Waals surface area contributed by atoms with Crippen molar-refractivity contribution in [2.75, 3.05) is 6.54 Å². The van der Waals surface area contributed by atoms with Crippen LogP contribution in [-0.2, 0) is 6.54 Å². The summed E-state index contributed by atoms with van der Waals surface area (Å²) in [6.45, 7) is 4.35. The Bertz CT molecular complexity index is 538. The molecule has 1 atom stereocenters. The average Bonchev–Trinajstić information content (AvgIpc) is 3.08. The van der Waals surface area contributed by atoms with E-state index in [-0.39, 0.29) is 0 Å². The maximum atomic E-state index is 4.32. The van der Waals surface area contributed by atoms with Gasteiger partial charge in [-0.3, -0.25) is 0 Å². The molecule has 100 valence electrons. The van der Waals surface area contributed by atoms with Crippen LogP contribution in [0.2, 0.25) is 0 Å². The molecule has 3 rings (SSSR count). The van der Waals surface area contributed by atoms with Gasteiger partial charge in [-0.25, -0.2) is 4.98 Å². The van der Waals surface area contributed by atoms with Gasteiger partial charge in [0.2, 0.25) is 0 Å². The summed E-state index contributed by atoms with van der Waals surface area (Å²) in [7, 11) is 0. The highest BCUT2D eigenvalue weighted by Crippen LogP contribution is 2.21. The van der Waals surface area contributed by atoms with Gasteiger partial charge in [0.15, 0.2) is 0 Å². The van der Waals surface area contributed by atoms with E-state index in [1.54, 1.807) is 0 Å². The van der Waals surface area contributed by atoms with E-state index in [1.807, 2.05) is 12.5 Å². The quantitative estimate of drug-likeness (QED) is 0.910. The molecule has 1 saturated heterocycles. The number of hydrogen-bond acceptors (Lipinski definition) is 2. The molecule has 1 aliphatic rings. The van der Waals surface area contributed by atoms with Crippen LogP contribution in [0.3, 0.4) is 0 Å². The molecule has 0 spiro atoms. The Hall–Kier alpha value is -1.61. The van der Waals surface area contributed by atoms with Gasteiger partial charge in [-0.05, 0) is 38.8 Å². The summed E-state index contributed by atoms with van der Waals surface area (Å²) in [4.78, 5) is 4.32. The van der Waals surface area contributed by atoms with Gasteiger partial charge in [0.1, 0.15) is 0 Å². The molecule has 1 aromatic heterocycles. The second-order valence-electron chi connectivity index (χ2n) is 5.42. The van der Waals surface area contributed by atoms with Crippen LogP contribution in [0.1, 0.15) is 24.8 Å². The number of hydrogen-bond donors (Lipinski definition) is 1. The lowest BCUT2D eigenvalue weighted by Crippen LogP contribution is -2.22. The Morgan fingerprint density at radius 2 is 2.37 bits per heavy atom. The second kappa shape index (κ2) is 5.57. The number of aryl methyl sites for hydroxylation is 2. The standard InChI is InChI=1S/C16H21N3/c1-13-4-2-5-14(10-13)16-11-17-12-19(16)9-7-15-6-3-8-18-15/h2,4-5,10-12,15,18H,3,6-9H2,1H3. The summed E-state index contributed by atoms with van der Waals surface area (Å²) < 4.78 is 2.27. The molecule has 0 bridgehead atoms. The Labute approximate surface area is 114 Å². The summed E-state index contributed by atoms with van der Waals surface area (Å²) in [5.41, 5.74) is 3.78. The fourth-order valence-corrected chi connectivity index (χ4v) is 2.84. The molecule has 1 fully saturated rings. The molecule has 3 heteroatoms. The molecule has 0 saturated carbocycles. The predicted octanol–water partition coefficient (Wildman–Crippen LogP) is 3.00. The van der Waals surface area contributed by atoms with E-state index in [1.165, 1.54) is 42.6 Å². The van der Waals surface area contributed by atoms with Crippen LogP contribution in [0.25, 0.3) is 11.3 Å². The van der Waals surface area contributed by atoms with Crippen LogP contribution >= 0.6 is 0 Å². The minimum absolute atomic E-state index is 0.688. The molecule has 0 aliphatic carbocycles. The zero-order valence-corrected chi connectivity index (χ0v) is 11.5. The minimum atomic E-state index is 0.688. The fourth-order valence-electron chi connectivity index (χ4n) is 2.84. The van der Waals surface area contributed by atoms with Gasteiger partial charge in [-0.2, -0.15) is 0 Å². The number of imidazole rings is 1. The number of aromatic nitrogens is 2. The van der Waals surface area contributed by atoms with Crippen LogP contribution in [0.15, 0.2) is 36.8 Å². The van der Waals surface area contributed by atoms with Gasteiger partial charge in [0.05, 0.1) is 18.2 Å². The minimum Gasteiger partial charge on any atom is -0.331 e. The number of nitrogens with one attached hydrogen (secondary N) is 1. The molecule has 2 heterocycles. The van der Waals surface area contributed by atoms with Crippen molar-refractivity contribution in [2.24, 2.45) is 0 Å². The summed E-state index contributed by atoms with van der Waals surface area (Å²) in [6, 6.07) is 9.32. The van der Waals surface area contributed by atoms with Crippen LogP contribution in [-0.4, -0.2) is 22.1 Å². The van der Waals surface area contributed by atoms with E-state index in [0.717, 1.165) is 6.54 Å². The first kappa shape index (κ1) is 12.4. The maximum absolute atomic E-state index is 4.32. The Morgan fingerprint density at radius 3 is 3.16 bits per heavy atom. The van der Waals surface area contributed by atoms with Crippen LogP contribution in [0.5, 0.6) is 0 Å². The van der Waals surface area contributed by atoms with E-state index in [4.69, 9.17) is 0 Å². The van der Waals surface area contributed by atoms with E-state index in [9.17, 15) is 0 Å². The van der Waals surface area contributed by atoms with Gasteiger partial charge in [-0.1, -0.05) is 23.8 Å². The van der Waals surface area contributed by atoms with Crippen molar-refractivity contribution in [1.82, 2.24) is 14.9 Å². The zero-order chi connectivity index (χ0) is 13.1. The third kappa shape index (κ3) is 2.87. The van der Waals surface area contributed by atoms with E-state index < -0.39 is 0 Å². The lowest BCUT2D eigenvalue weighted by molar-refractivity contribution is 0.507. The zero-order valence-electron chi connectivity index (χ0n) is 11.5. The molecule has 19 heavy (non-hydrogen) atoms. The summed E-state index contributed by atoms with van der Waals surface area (Å²) in [5, 5.41) is 3.55. The van der Waals surface area contributed by atoms with Crippen molar-refractivity contribution in [3.63, 3.8) is 0 Å². The normalized spacial score (nSPS) is 18.9. The molecule has 1 aromatic carbocycles. The smallest absolute Gasteiger partial charge is 0.0950 e. The van der Waals surface area contributed by atoms with Crippen molar-refractivity contribution in [3.05, 3.63) is 42.4 Å². The summed E-state index contributed by atoms with van der Waals surface area (Å²) in [5.74, 6) is 0. The molecule has 3 nitrogen and oxygen atoms in total. The topological polar surface area (TPSA) is 29.9 Å². The summed E-state index contributed by atoms with van der Waals surface area (Å²) in [6.07, 6.45) is 7.74. The second-order valence-corrected chi connectivity index (χ2v) is 5.42. The monoisotopic (exact) mass is 255 g/mol. The molecule has 0 radical (unpaired) electrons. The highest BCUT2D eigenvalue weighted by Gasteiger charge is 2.14. The lowest BCUT2D eigenvalue weighted by Gasteiger charge is -2.13. The van der Waals surface area contributed by atoms with Crippen LogP contribution < -0.4 is 5.32 Å². The first-order valence-corrected chi connectivity index (χ1v) is 7.13. The van der Waals surface area contributed by atoms with Gasteiger partial charge in [0.25, 0.3) is 0 Å². The van der Waals surface area contributed by atoms with E-state index in [2.05, 4.69) is 46.1 Å². The Kier molecular flexibility index (Phi) is 3.65. The van der Waals surface area contributed by atoms with Crippen LogP contribution in [0.4, 0.5) is 0 Å². The lowest BCUT2D eigenvalue weighted by atomic mass is 10.1. The Morgan fingerprint density at radius 1 is 1.42 bits per heavy atom. The third-order valence-corrected chi connectivity index (χ3v) is 3.91. The SMILES string of the molecule is Cc1cccc(-c2cncn2CCC2CCCN2)c1. The number of benzene rings is 1. The van der Waals surface area contributed by atoms with Crippen molar-refractivity contribution >= 4 is 0 Å². The fraction of sp³-hybridized carbons (Fsp3) is 0.438. The average molecular weight is 255 g/mol. The maximum Gasteiger partial charge on any atom is 0.0950 e. The molecule has 1 aliphatic heterocycles. The predicted molar refractivity (Wildman–Crippen MR) is 78.0 cm³/mol. The van der Waals surface area contributed by atoms with Crippen molar-refractivity contribution in [2.45, 2.75) is 38.8 Å². The molecule has 2 aromatic rings. The molecule has 1 unspecified atom stereocenters. The van der Waals surface area contributed by atoms with Gasteiger partial charge < -0.3 is 9.88 Å². The Balaban J connectivity index is 1.74. The van der Waals surface area contributed by atoms with Crippen molar-refractivity contribution in [3.8, 4) is 11.3 Å². The third-order valence-electron chi connectivity index (χ3n) is 3.91. The van der Waals surface area contributed by atoms with Gasteiger partial charge in [-0.15, -0.1) is 0 Å². The first-order chi connectivity index (χ1) is 9.33. The first-order valence-electron chi connectivity index (χ1n) is 7.13. The van der Waals surface area contributed by atoms with Crippen molar-refractivity contribution < 1.29 is 0 Å². The van der Waals surface area contributed by atoms with Crippen LogP contribution in [0, 0.1) is 6.92 Å².